The van der Waals surface area contributed by atoms with Gasteiger partial charge in [-0.15, -0.1) is 0 Å². The van der Waals surface area contributed by atoms with E-state index < -0.39 is 5.82 Å². The van der Waals surface area contributed by atoms with Gasteiger partial charge in [-0.05, 0) is 36.6 Å². The molecular weight excluding hydrogens is 267 g/mol. The fraction of sp³-hybridized carbons (Fsp3) is 0.235. The van der Waals surface area contributed by atoms with Crippen LogP contribution in [-0.2, 0) is 4.79 Å². The number of halogens is 1. The van der Waals surface area contributed by atoms with E-state index in [1.165, 1.54) is 6.07 Å². The molecule has 3 nitrogen and oxygen atoms in total. The molecule has 4 heteroatoms. The van der Waals surface area contributed by atoms with Crippen molar-refractivity contribution in [2.24, 2.45) is 5.73 Å². The monoisotopic (exact) mass is 286 g/mol. The summed E-state index contributed by atoms with van der Waals surface area (Å²) in [5.74, 6) is -0.653. The average molecular weight is 286 g/mol. The minimum absolute atomic E-state index is 0.195. The number of hydrogen-bond donors (Lipinski definition) is 2. The Kier molecular flexibility index (Phi) is 5.06. The van der Waals surface area contributed by atoms with Crippen LogP contribution in [0.4, 0.5) is 10.1 Å². The molecule has 0 spiro atoms. The molecule has 0 aromatic heterocycles. The summed E-state index contributed by atoms with van der Waals surface area (Å²) in [6.07, 6.45) is 0.771. The largest absolute Gasteiger partial charge is 0.324 e. The first kappa shape index (κ1) is 15.2. The summed E-state index contributed by atoms with van der Waals surface area (Å²) in [5.41, 5.74) is 8.05. The molecule has 0 radical (unpaired) electrons. The average Bonchev–Trinajstić information content (AvgIpc) is 2.48. The maximum atomic E-state index is 13.6. The van der Waals surface area contributed by atoms with E-state index >= 15 is 0 Å². The van der Waals surface area contributed by atoms with E-state index in [4.69, 9.17) is 5.73 Å². The summed E-state index contributed by atoms with van der Waals surface area (Å²) in [6, 6.07) is 14.1. The lowest BCUT2D eigenvalue weighted by Gasteiger charge is -2.12. The van der Waals surface area contributed by atoms with Crippen LogP contribution < -0.4 is 11.1 Å². The molecule has 2 aromatic carbocycles. The van der Waals surface area contributed by atoms with Crippen LogP contribution in [0.3, 0.4) is 0 Å². The summed E-state index contributed by atoms with van der Waals surface area (Å²) in [5, 5.41) is 2.57. The first-order valence-electron chi connectivity index (χ1n) is 6.93. The number of hydrogen-bond acceptors (Lipinski definition) is 2. The molecule has 1 unspecified atom stereocenters. The Hall–Kier alpha value is -2.20. The Labute approximate surface area is 124 Å². The van der Waals surface area contributed by atoms with Crippen molar-refractivity contribution < 1.29 is 9.18 Å². The molecule has 0 aliphatic heterocycles. The number of anilines is 1. The zero-order valence-corrected chi connectivity index (χ0v) is 12.0. The quantitative estimate of drug-likeness (QED) is 0.883. The Morgan fingerprint density at radius 1 is 1.24 bits per heavy atom. The van der Waals surface area contributed by atoms with Gasteiger partial charge in [-0.2, -0.15) is 0 Å². The van der Waals surface area contributed by atoms with Crippen molar-refractivity contribution in [1.29, 1.82) is 0 Å². The van der Waals surface area contributed by atoms with E-state index in [9.17, 15) is 9.18 Å². The molecule has 0 saturated heterocycles. The highest BCUT2D eigenvalue weighted by Crippen LogP contribution is 2.18. The maximum absolute atomic E-state index is 13.6. The lowest BCUT2D eigenvalue weighted by molar-refractivity contribution is -0.116. The van der Waals surface area contributed by atoms with Gasteiger partial charge in [-0.1, -0.05) is 36.4 Å². The Balaban J connectivity index is 1.87. The topological polar surface area (TPSA) is 55.1 Å². The van der Waals surface area contributed by atoms with Gasteiger partial charge in [0.15, 0.2) is 0 Å². The normalized spacial score (nSPS) is 12.0. The van der Waals surface area contributed by atoms with Gasteiger partial charge in [0.1, 0.15) is 5.82 Å². The van der Waals surface area contributed by atoms with Gasteiger partial charge in [0.25, 0.3) is 0 Å². The third-order valence-corrected chi connectivity index (χ3v) is 3.31. The van der Waals surface area contributed by atoms with Crippen LogP contribution in [0.15, 0.2) is 48.5 Å². The number of benzene rings is 2. The molecular formula is C17H19FN2O. The summed E-state index contributed by atoms with van der Waals surface area (Å²) < 4.78 is 13.6. The highest BCUT2D eigenvalue weighted by molar-refractivity contribution is 5.90. The maximum Gasteiger partial charge on any atom is 0.224 e. The van der Waals surface area contributed by atoms with Crippen LogP contribution >= 0.6 is 0 Å². The number of amides is 1. The van der Waals surface area contributed by atoms with Crippen LogP contribution in [0, 0.1) is 12.7 Å². The number of nitrogens with one attached hydrogen (secondary N) is 1. The molecule has 1 atom stereocenters. The van der Waals surface area contributed by atoms with Crippen molar-refractivity contribution in [3.05, 3.63) is 65.5 Å². The molecule has 1 amide bonds. The molecule has 0 aliphatic rings. The van der Waals surface area contributed by atoms with Gasteiger partial charge in [-0.25, -0.2) is 4.39 Å². The standard InChI is InChI=1S/C17H19FN2O/c1-12-7-9-16(14(18)11-12)20-17(21)10-8-15(19)13-5-3-2-4-6-13/h2-7,9,11,15H,8,10,19H2,1H3,(H,20,21). The molecule has 3 N–H and O–H groups in total. The highest BCUT2D eigenvalue weighted by atomic mass is 19.1. The second-order valence-corrected chi connectivity index (χ2v) is 5.09. The van der Waals surface area contributed by atoms with Crippen LogP contribution in [-0.4, -0.2) is 5.91 Å². The van der Waals surface area contributed by atoms with E-state index in [2.05, 4.69) is 5.32 Å². The SMILES string of the molecule is Cc1ccc(NC(=O)CCC(N)c2ccccc2)c(F)c1. The molecule has 0 fully saturated rings. The number of rotatable bonds is 5. The van der Waals surface area contributed by atoms with Crippen molar-refractivity contribution >= 4 is 11.6 Å². The fourth-order valence-electron chi connectivity index (χ4n) is 2.09. The number of carbonyl (C=O) groups is 1. The molecule has 2 aromatic rings. The Morgan fingerprint density at radius 2 is 1.95 bits per heavy atom. The van der Waals surface area contributed by atoms with E-state index in [1.54, 1.807) is 19.1 Å². The summed E-state index contributed by atoms with van der Waals surface area (Å²) >= 11 is 0. The molecule has 0 heterocycles. The first-order valence-corrected chi connectivity index (χ1v) is 6.93. The predicted molar refractivity (Wildman–Crippen MR) is 82.4 cm³/mol. The fourth-order valence-corrected chi connectivity index (χ4v) is 2.09. The summed E-state index contributed by atoms with van der Waals surface area (Å²) in [4.78, 5) is 11.9. The van der Waals surface area contributed by atoms with Crippen molar-refractivity contribution in [1.82, 2.24) is 0 Å². The molecule has 0 aliphatic carbocycles. The molecule has 110 valence electrons. The third kappa shape index (κ3) is 4.39. The van der Waals surface area contributed by atoms with E-state index in [1.807, 2.05) is 30.3 Å². The van der Waals surface area contributed by atoms with Crippen molar-refractivity contribution in [3.63, 3.8) is 0 Å². The van der Waals surface area contributed by atoms with E-state index in [-0.39, 0.29) is 24.1 Å². The predicted octanol–water partition coefficient (Wildman–Crippen LogP) is 3.55. The van der Waals surface area contributed by atoms with Crippen LogP contribution in [0.5, 0.6) is 0 Å². The minimum atomic E-state index is -0.421. The second kappa shape index (κ2) is 6.99. The number of carbonyl (C=O) groups excluding carboxylic acids is 1. The third-order valence-electron chi connectivity index (χ3n) is 3.31. The molecule has 21 heavy (non-hydrogen) atoms. The minimum Gasteiger partial charge on any atom is -0.324 e. The van der Waals surface area contributed by atoms with Crippen molar-refractivity contribution in [3.8, 4) is 0 Å². The summed E-state index contributed by atoms with van der Waals surface area (Å²) in [7, 11) is 0. The van der Waals surface area contributed by atoms with Gasteiger partial charge in [0, 0.05) is 12.5 Å². The zero-order chi connectivity index (χ0) is 15.2. The van der Waals surface area contributed by atoms with Crippen molar-refractivity contribution in [2.75, 3.05) is 5.32 Å². The van der Waals surface area contributed by atoms with Gasteiger partial charge in [0.2, 0.25) is 5.91 Å². The molecule has 0 bridgehead atoms. The highest BCUT2D eigenvalue weighted by Gasteiger charge is 2.11. The first-order chi connectivity index (χ1) is 10.1. The van der Waals surface area contributed by atoms with Gasteiger partial charge in [-0.3, -0.25) is 4.79 Å². The molecule has 0 saturated carbocycles. The Bertz CT molecular complexity index is 613. The smallest absolute Gasteiger partial charge is 0.224 e. The summed E-state index contributed by atoms with van der Waals surface area (Å²) in [6.45, 7) is 1.80. The van der Waals surface area contributed by atoms with Crippen LogP contribution in [0.1, 0.15) is 30.0 Å². The van der Waals surface area contributed by atoms with E-state index in [0.29, 0.717) is 6.42 Å². The van der Waals surface area contributed by atoms with E-state index in [0.717, 1.165) is 11.1 Å². The zero-order valence-electron chi connectivity index (χ0n) is 12.0. The van der Waals surface area contributed by atoms with Gasteiger partial charge >= 0.3 is 0 Å². The lowest BCUT2D eigenvalue weighted by atomic mass is 10.0. The van der Waals surface area contributed by atoms with Crippen LogP contribution in [0.2, 0.25) is 0 Å². The van der Waals surface area contributed by atoms with Crippen molar-refractivity contribution in [2.45, 2.75) is 25.8 Å². The molecule has 2 rings (SSSR count). The Morgan fingerprint density at radius 3 is 2.62 bits per heavy atom. The van der Waals surface area contributed by atoms with Crippen LogP contribution in [0.25, 0.3) is 0 Å². The number of aryl methyl sites for hydroxylation is 1. The van der Waals surface area contributed by atoms with Gasteiger partial charge in [0.05, 0.1) is 5.69 Å². The second-order valence-electron chi connectivity index (χ2n) is 5.09. The lowest BCUT2D eigenvalue weighted by Crippen LogP contribution is -2.17. The number of nitrogens with two attached hydrogens (primary N) is 1. The van der Waals surface area contributed by atoms with Gasteiger partial charge < -0.3 is 11.1 Å².